The Bertz CT molecular complexity index is 543. The number of thiophene rings is 2. The molecule has 0 aliphatic carbocycles. The lowest BCUT2D eigenvalue weighted by Gasteiger charge is -2.16. The molecule has 0 amide bonds. The fraction of sp³-hybridized carbons (Fsp3) is 0.385. The molecule has 1 atom stereocenters. The van der Waals surface area contributed by atoms with Crippen LogP contribution in [0.15, 0.2) is 24.2 Å². The van der Waals surface area contributed by atoms with Gasteiger partial charge in [-0.2, -0.15) is 0 Å². The third-order valence-electron chi connectivity index (χ3n) is 2.75. The van der Waals surface area contributed by atoms with Crippen LogP contribution in [0.1, 0.15) is 34.7 Å². The van der Waals surface area contributed by atoms with E-state index < -0.39 is 0 Å². The van der Waals surface area contributed by atoms with E-state index in [1.165, 1.54) is 23.6 Å². The molecule has 0 fully saturated rings. The van der Waals surface area contributed by atoms with Gasteiger partial charge in [0.25, 0.3) is 0 Å². The van der Waals surface area contributed by atoms with Gasteiger partial charge in [-0.25, -0.2) is 0 Å². The Morgan fingerprint density at radius 1 is 1.21 bits per heavy atom. The Balaban J connectivity index is 2.38. The number of halogens is 3. The first kappa shape index (κ1) is 16.2. The van der Waals surface area contributed by atoms with Gasteiger partial charge in [-0.15, -0.1) is 22.7 Å². The SMILES string of the molecule is CCCNC(c1cc(Br)c(C)s1)c1cc(Br)sc1Br. The van der Waals surface area contributed by atoms with E-state index in [0.717, 1.165) is 16.8 Å². The number of hydrogen-bond acceptors (Lipinski definition) is 3. The van der Waals surface area contributed by atoms with Crippen LogP contribution in [0, 0.1) is 6.92 Å². The summed E-state index contributed by atoms with van der Waals surface area (Å²) in [6, 6.07) is 4.68. The fourth-order valence-corrected chi connectivity index (χ4v) is 6.38. The van der Waals surface area contributed by atoms with E-state index >= 15 is 0 Å². The highest BCUT2D eigenvalue weighted by Crippen LogP contribution is 2.41. The minimum atomic E-state index is 0.256. The van der Waals surface area contributed by atoms with Crippen molar-refractivity contribution in [3.8, 4) is 0 Å². The van der Waals surface area contributed by atoms with Crippen molar-refractivity contribution in [3.63, 3.8) is 0 Å². The molecule has 0 spiro atoms. The molecule has 0 aromatic carbocycles. The average molecular weight is 488 g/mol. The van der Waals surface area contributed by atoms with Crippen molar-refractivity contribution in [2.75, 3.05) is 6.54 Å². The average Bonchev–Trinajstić information content (AvgIpc) is 2.84. The molecule has 0 saturated heterocycles. The quantitative estimate of drug-likeness (QED) is 0.508. The van der Waals surface area contributed by atoms with Crippen LogP contribution < -0.4 is 5.32 Å². The molecule has 1 nitrogen and oxygen atoms in total. The molecule has 2 aromatic rings. The first-order valence-electron chi connectivity index (χ1n) is 5.96. The highest BCUT2D eigenvalue weighted by molar-refractivity contribution is 9.12. The number of aryl methyl sites for hydroxylation is 1. The van der Waals surface area contributed by atoms with Crippen molar-refractivity contribution in [1.82, 2.24) is 5.32 Å². The van der Waals surface area contributed by atoms with Gasteiger partial charge in [0.1, 0.15) is 0 Å². The summed E-state index contributed by atoms with van der Waals surface area (Å²) in [6.45, 7) is 5.35. The molecule has 0 bridgehead atoms. The van der Waals surface area contributed by atoms with E-state index in [-0.39, 0.29) is 6.04 Å². The van der Waals surface area contributed by atoms with E-state index in [2.05, 4.69) is 79.1 Å². The monoisotopic (exact) mass is 485 g/mol. The van der Waals surface area contributed by atoms with E-state index in [0.29, 0.717) is 0 Å². The van der Waals surface area contributed by atoms with Gasteiger partial charge in [0, 0.05) is 19.8 Å². The lowest BCUT2D eigenvalue weighted by atomic mass is 10.1. The van der Waals surface area contributed by atoms with E-state index in [4.69, 9.17) is 0 Å². The minimum Gasteiger partial charge on any atom is -0.306 e. The van der Waals surface area contributed by atoms with E-state index in [1.807, 2.05) is 11.3 Å². The summed E-state index contributed by atoms with van der Waals surface area (Å²) in [5, 5.41) is 3.64. The van der Waals surface area contributed by atoms with Gasteiger partial charge in [0.15, 0.2) is 0 Å². The normalized spacial score (nSPS) is 12.9. The van der Waals surface area contributed by atoms with Crippen molar-refractivity contribution in [1.29, 1.82) is 0 Å². The van der Waals surface area contributed by atoms with Crippen LogP contribution in [0.4, 0.5) is 0 Å². The summed E-state index contributed by atoms with van der Waals surface area (Å²) in [4.78, 5) is 2.67. The molecule has 6 heteroatoms. The molecule has 0 aliphatic heterocycles. The molecule has 2 rings (SSSR count). The maximum absolute atomic E-state index is 3.67. The second-order valence-electron chi connectivity index (χ2n) is 4.22. The Kier molecular flexibility index (Phi) is 6.11. The minimum absolute atomic E-state index is 0.256. The Labute approximate surface area is 147 Å². The summed E-state index contributed by atoms with van der Waals surface area (Å²) < 4.78 is 3.54. The Morgan fingerprint density at radius 3 is 2.42 bits per heavy atom. The molecule has 1 N–H and O–H groups in total. The van der Waals surface area contributed by atoms with Gasteiger partial charge >= 0.3 is 0 Å². The standard InChI is InChI=1S/C13H14Br3NS2/c1-3-4-17-12(8-5-11(15)19-13(8)16)10-6-9(14)7(2)18-10/h5-6,12,17H,3-4H2,1-2H3. The van der Waals surface area contributed by atoms with Crippen molar-refractivity contribution in [2.24, 2.45) is 0 Å². The van der Waals surface area contributed by atoms with Gasteiger partial charge in [-0.1, -0.05) is 6.92 Å². The number of nitrogens with one attached hydrogen (secondary N) is 1. The largest absolute Gasteiger partial charge is 0.306 e. The smallest absolute Gasteiger partial charge is 0.0762 e. The highest BCUT2D eigenvalue weighted by Gasteiger charge is 2.21. The van der Waals surface area contributed by atoms with Gasteiger partial charge in [0.05, 0.1) is 13.6 Å². The van der Waals surface area contributed by atoms with E-state index in [9.17, 15) is 0 Å². The summed E-state index contributed by atoms with van der Waals surface area (Å²) >= 11 is 14.4. The topological polar surface area (TPSA) is 12.0 Å². The third kappa shape index (κ3) is 3.92. The zero-order valence-electron chi connectivity index (χ0n) is 10.6. The molecular weight excluding hydrogens is 474 g/mol. The van der Waals surface area contributed by atoms with Crippen molar-refractivity contribution in [3.05, 3.63) is 39.5 Å². The van der Waals surface area contributed by atoms with Gasteiger partial charge in [-0.3, -0.25) is 0 Å². The van der Waals surface area contributed by atoms with Crippen LogP contribution in [0.3, 0.4) is 0 Å². The highest BCUT2D eigenvalue weighted by atomic mass is 79.9. The van der Waals surface area contributed by atoms with Crippen LogP contribution in [-0.2, 0) is 0 Å². The number of hydrogen-bond donors (Lipinski definition) is 1. The molecule has 2 heterocycles. The summed E-state index contributed by atoms with van der Waals surface area (Å²) in [5.74, 6) is 0. The van der Waals surface area contributed by atoms with Crippen molar-refractivity contribution in [2.45, 2.75) is 26.3 Å². The van der Waals surface area contributed by atoms with Gasteiger partial charge in [-0.05, 0) is 79.8 Å². The Morgan fingerprint density at radius 2 is 1.95 bits per heavy atom. The number of rotatable bonds is 5. The summed E-state index contributed by atoms with van der Waals surface area (Å²) in [7, 11) is 0. The van der Waals surface area contributed by atoms with Crippen molar-refractivity contribution < 1.29 is 0 Å². The van der Waals surface area contributed by atoms with E-state index in [1.54, 1.807) is 11.3 Å². The Hall–Kier alpha value is 0.800. The van der Waals surface area contributed by atoms with Crippen LogP contribution >= 0.6 is 70.5 Å². The molecule has 0 saturated carbocycles. The van der Waals surface area contributed by atoms with Crippen LogP contribution in [0.25, 0.3) is 0 Å². The van der Waals surface area contributed by atoms with Crippen LogP contribution in [0.2, 0.25) is 0 Å². The zero-order chi connectivity index (χ0) is 14.0. The molecule has 0 aliphatic rings. The second kappa shape index (κ2) is 7.18. The van der Waals surface area contributed by atoms with Crippen molar-refractivity contribution >= 4 is 70.5 Å². The zero-order valence-corrected chi connectivity index (χ0v) is 17.0. The van der Waals surface area contributed by atoms with Gasteiger partial charge in [0.2, 0.25) is 0 Å². The maximum atomic E-state index is 3.67. The molecule has 1 unspecified atom stereocenters. The lowest BCUT2D eigenvalue weighted by Crippen LogP contribution is -2.22. The maximum Gasteiger partial charge on any atom is 0.0762 e. The predicted octanol–water partition coefficient (Wildman–Crippen LogP) is 6.49. The van der Waals surface area contributed by atoms with Crippen LogP contribution in [0.5, 0.6) is 0 Å². The third-order valence-corrected chi connectivity index (χ3v) is 7.34. The molecular formula is C13H14Br3NS2. The van der Waals surface area contributed by atoms with Crippen LogP contribution in [-0.4, -0.2) is 6.54 Å². The predicted molar refractivity (Wildman–Crippen MR) is 96.6 cm³/mol. The molecule has 0 radical (unpaired) electrons. The first-order chi connectivity index (χ1) is 9.02. The lowest BCUT2D eigenvalue weighted by molar-refractivity contribution is 0.605. The summed E-state index contributed by atoms with van der Waals surface area (Å²) in [5.41, 5.74) is 1.30. The van der Waals surface area contributed by atoms with Gasteiger partial charge < -0.3 is 5.32 Å². The molecule has 19 heavy (non-hydrogen) atoms. The summed E-state index contributed by atoms with van der Waals surface area (Å²) in [6.07, 6.45) is 1.13. The second-order valence-corrected chi connectivity index (χ2v) is 10.1. The fourth-order valence-electron chi connectivity index (χ4n) is 1.83. The molecule has 104 valence electrons. The molecule has 2 aromatic heterocycles. The first-order valence-corrected chi connectivity index (χ1v) is 9.98.